The predicted molar refractivity (Wildman–Crippen MR) is 100 cm³/mol. The second kappa shape index (κ2) is 7.47. The maximum Gasteiger partial charge on any atom is 0.160 e. The maximum atomic E-state index is 4.38. The van der Waals surface area contributed by atoms with Crippen LogP contribution in [0.1, 0.15) is 31.2 Å². The highest BCUT2D eigenvalue weighted by molar-refractivity contribution is 5.85. The Bertz CT molecular complexity index is 831. The summed E-state index contributed by atoms with van der Waals surface area (Å²) in [7, 11) is 0. The monoisotopic (exact) mass is 333 g/mol. The Kier molecular flexibility index (Phi) is 4.72. The summed E-state index contributed by atoms with van der Waals surface area (Å²) in [5, 5.41) is 11.5. The van der Waals surface area contributed by atoms with Gasteiger partial charge in [-0.1, -0.05) is 42.5 Å². The third-order valence-electron chi connectivity index (χ3n) is 4.97. The Labute approximate surface area is 147 Å². The lowest BCUT2D eigenvalue weighted by Crippen LogP contribution is -2.26. The van der Waals surface area contributed by atoms with Crippen LogP contribution in [0.15, 0.2) is 55.0 Å². The first kappa shape index (κ1) is 15.8. The molecule has 0 unspecified atom stereocenters. The number of anilines is 1. The van der Waals surface area contributed by atoms with Gasteiger partial charge in [-0.2, -0.15) is 5.10 Å². The standard InChI is InChI=1S/C20H23N5/c1-2-5-15(6-3-1)7-4-8-16-9-11-17(12-10-16)24-19-18-13-23-25-20(18)22-14-21-19/h1-6,8,13-14,16-17H,7,9-12H2,(H2,21,22,23,24,25)/b8-4+. The number of fused-ring (bicyclic) bond motifs is 1. The highest BCUT2D eigenvalue weighted by Gasteiger charge is 2.20. The van der Waals surface area contributed by atoms with Gasteiger partial charge in [-0.25, -0.2) is 9.97 Å². The van der Waals surface area contributed by atoms with Crippen LogP contribution in [0.2, 0.25) is 0 Å². The molecule has 2 aromatic heterocycles. The van der Waals surface area contributed by atoms with Crippen molar-refractivity contribution >= 4 is 16.9 Å². The fourth-order valence-electron chi connectivity index (χ4n) is 3.54. The van der Waals surface area contributed by atoms with Crippen molar-refractivity contribution in [2.75, 3.05) is 5.32 Å². The number of nitrogens with zero attached hydrogens (tertiary/aromatic N) is 3. The van der Waals surface area contributed by atoms with Gasteiger partial charge < -0.3 is 5.32 Å². The Morgan fingerprint density at radius 1 is 1.08 bits per heavy atom. The minimum atomic E-state index is 0.478. The van der Waals surface area contributed by atoms with Crippen molar-refractivity contribution < 1.29 is 0 Å². The second-order valence-electron chi connectivity index (χ2n) is 6.73. The summed E-state index contributed by atoms with van der Waals surface area (Å²) >= 11 is 0. The lowest BCUT2D eigenvalue weighted by atomic mass is 9.85. The van der Waals surface area contributed by atoms with Crippen LogP contribution in [-0.4, -0.2) is 26.2 Å². The van der Waals surface area contributed by atoms with Gasteiger partial charge in [0.1, 0.15) is 12.1 Å². The highest BCUT2D eigenvalue weighted by Crippen LogP contribution is 2.28. The van der Waals surface area contributed by atoms with Gasteiger partial charge in [0.15, 0.2) is 5.65 Å². The van der Waals surface area contributed by atoms with Crippen LogP contribution >= 0.6 is 0 Å². The van der Waals surface area contributed by atoms with E-state index in [1.165, 1.54) is 31.2 Å². The molecular formula is C20H23N5. The number of allylic oxidation sites excluding steroid dienone is 2. The quantitative estimate of drug-likeness (QED) is 0.689. The zero-order valence-corrected chi connectivity index (χ0v) is 14.2. The van der Waals surface area contributed by atoms with Crippen LogP contribution in [0.25, 0.3) is 11.0 Å². The molecule has 2 N–H and O–H groups in total. The third-order valence-corrected chi connectivity index (χ3v) is 4.97. The molecule has 1 aliphatic carbocycles. The molecule has 2 heterocycles. The van der Waals surface area contributed by atoms with E-state index in [-0.39, 0.29) is 0 Å². The normalized spacial score (nSPS) is 21.0. The first-order valence-corrected chi connectivity index (χ1v) is 8.99. The van der Waals surface area contributed by atoms with Crippen molar-refractivity contribution in [3.05, 3.63) is 60.6 Å². The largest absolute Gasteiger partial charge is 0.367 e. The molecule has 0 aliphatic heterocycles. The summed E-state index contributed by atoms with van der Waals surface area (Å²) < 4.78 is 0. The Hall–Kier alpha value is -2.69. The van der Waals surface area contributed by atoms with Crippen molar-refractivity contribution in [3.63, 3.8) is 0 Å². The van der Waals surface area contributed by atoms with E-state index < -0.39 is 0 Å². The molecule has 1 fully saturated rings. The molecule has 5 nitrogen and oxygen atoms in total. The van der Waals surface area contributed by atoms with Gasteiger partial charge in [0.05, 0.1) is 11.6 Å². The molecule has 5 heteroatoms. The van der Waals surface area contributed by atoms with Gasteiger partial charge in [-0.15, -0.1) is 0 Å². The van der Waals surface area contributed by atoms with Crippen molar-refractivity contribution in [2.24, 2.45) is 5.92 Å². The van der Waals surface area contributed by atoms with Gasteiger partial charge in [0.2, 0.25) is 0 Å². The van der Waals surface area contributed by atoms with E-state index >= 15 is 0 Å². The van der Waals surface area contributed by atoms with Gasteiger partial charge >= 0.3 is 0 Å². The SMILES string of the molecule is C(=C\C1CCC(Nc2ncnc3[nH]ncc23)CC1)/Cc1ccccc1. The van der Waals surface area contributed by atoms with E-state index in [1.54, 1.807) is 12.5 Å². The maximum absolute atomic E-state index is 4.38. The third kappa shape index (κ3) is 3.87. The number of H-pyrrole nitrogens is 1. The Balaban J connectivity index is 1.29. The topological polar surface area (TPSA) is 66.5 Å². The first-order chi connectivity index (χ1) is 12.4. The molecule has 0 amide bonds. The molecule has 1 aliphatic rings. The van der Waals surface area contributed by atoms with E-state index in [4.69, 9.17) is 0 Å². The van der Waals surface area contributed by atoms with E-state index in [0.717, 1.165) is 23.3 Å². The van der Waals surface area contributed by atoms with Crippen LogP contribution in [-0.2, 0) is 6.42 Å². The smallest absolute Gasteiger partial charge is 0.160 e. The molecule has 128 valence electrons. The highest BCUT2D eigenvalue weighted by atomic mass is 15.2. The number of benzene rings is 1. The van der Waals surface area contributed by atoms with Crippen LogP contribution < -0.4 is 5.32 Å². The summed E-state index contributed by atoms with van der Waals surface area (Å²) in [5.74, 6) is 1.59. The molecule has 1 aromatic carbocycles. The summed E-state index contributed by atoms with van der Waals surface area (Å²) in [6, 6.07) is 11.1. The number of aromatic amines is 1. The Morgan fingerprint density at radius 3 is 2.76 bits per heavy atom. The minimum absolute atomic E-state index is 0.478. The zero-order valence-electron chi connectivity index (χ0n) is 14.2. The number of hydrogen-bond donors (Lipinski definition) is 2. The molecule has 3 aromatic rings. The van der Waals surface area contributed by atoms with Crippen LogP contribution in [0.3, 0.4) is 0 Å². The Morgan fingerprint density at radius 2 is 1.92 bits per heavy atom. The lowest BCUT2D eigenvalue weighted by molar-refractivity contribution is 0.390. The minimum Gasteiger partial charge on any atom is -0.367 e. The summed E-state index contributed by atoms with van der Waals surface area (Å²) in [6.07, 6.45) is 13.9. The van der Waals surface area contributed by atoms with Crippen molar-refractivity contribution in [2.45, 2.75) is 38.1 Å². The van der Waals surface area contributed by atoms with E-state index in [1.807, 2.05) is 0 Å². The predicted octanol–water partition coefficient (Wildman–Crippen LogP) is 4.12. The second-order valence-corrected chi connectivity index (χ2v) is 6.73. The fourth-order valence-corrected chi connectivity index (χ4v) is 3.54. The van der Waals surface area contributed by atoms with Crippen LogP contribution in [0.5, 0.6) is 0 Å². The molecular weight excluding hydrogens is 310 g/mol. The molecule has 0 radical (unpaired) electrons. The molecule has 25 heavy (non-hydrogen) atoms. The average Bonchev–Trinajstić information content (AvgIpc) is 3.14. The fraction of sp³-hybridized carbons (Fsp3) is 0.350. The number of aromatic nitrogens is 4. The van der Waals surface area contributed by atoms with Gasteiger partial charge in [-0.05, 0) is 43.6 Å². The van der Waals surface area contributed by atoms with E-state index in [0.29, 0.717) is 12.0 Å². The van der Waals surface area contributed by atoms with Crippen LogP contribution in [0.4, 0.5) is 5.82 Å². The number of hydrogen-bond acceptors (Lipinski definition) is 4. The van der Waals surface area contributed by atoms with E-state index in [2.05, 4.69) is 68.0 Å². The molecule has 0 spiro atoms. The lowest BCUT2D eigenvalue weighted by Gasteiger charge is -2.28. The summed E-state index contributed by atoms with van der Waals surface area (Å²) in [4.78, 5) is 8.57. The van der Waals surface area contributed by atoms with Crippen molar-refractivity contribution in [1.29, 1.82) is 0 Å². The van der Waals surface area contributed by atoms with Gasteiger partial charge in [0.25, 0.3) is 0 Å². The number of nitrogens with one attached hydrogen (secondary N) is 2. The number of rotatable bonds is 5. The molecule has 0 bridgehead atoms. The first-order valence-electron chi connectivity index (χ1n) is 8.99. The average molecular weight is 333 g/mol. The summed E-state index contributed by atoms with van der Waals surface area (Å²) in [5.41, 5.74) is 2.16. The summed E-state index contributed by atoms with van der Waals surface area (Å²) in [6.45, 7) is 0. The zero-order chi connectivity index (χ0) is 16.9. The van der Waals surface area contributed by atoms with E-state index in [9.17, 15) is 0 Å². The molecule has 0 saturated heterocycles. The van der Waals surface area contributed by atoms with Crippen molar-refractivity contribution in [3.8, 4) is 0 Å². The molecule has 4 rings (SSSR count). The van der Waals surface area contributed by atoms with Crippen LogP contribution in [0, 0.1) is 5.92 Å². The van der Waals surface area contributed by atoms with Crippen molar-refractivity contribution in [1.82, 2.24) is 20.2 Å². The molecule has 1 saturated carbocycles. The van der Waals surface area contributed by atoms with Gasteiger partial charge in [0, 0.05) is 6.04 Å². The molecule has 0 atom stereocenters. The van der Waals surface area contributed by atoms with Gasteiger partial charge in [-0.3, -0.25) is 5.10 Å².